The van der Waals surface area contributed by atoms with Crippen molar-refractivity contribution in [3.63, 3.8) is 0 Å². The topological polar surface area (TPSA) is 64.0 Å². The fourth-order valence-corrected chi connectivity index (χ4v) is 6.00. The van der Waals surface area contributed by atoms with Gasteiger partial charge in [0.05, 0.1) is 22.7 Å². The predicted octanol–water partition coefficient (Wildman–Crippen LogP) is 6.11. The van der Waals surface area contributed by atoms with Crippen molar-refractivity contribution in [3.8, 4) is 11.3 Å². The molecule has 1 N–H and O–H groups in total. The Labute approximate surface area is 201 Å². The Morgan fingerprint density at radius 1 is 1.06 bits per heavy atom. The number of rotatable bonds is 7. The second kappa shape index (κ2) is 8.72. The largest absolute Gasteiger partial charge is 0.418 e. The molecule has 0 radical (unpaired) electrons. The second-order valence-electron chi connectivity index (χ2n) is 9.15. The highest BCUT2D eigenvalue weighted by Gasteiger charge is 2.41. The molecule has 0 saturated heterocycles. The van der Waals surface area contributed by atoms with Gasteiger partial charge in [-0.05, 0) is 50.3 Å². The Hall–Kier alpha value is -2.67. The number of sulfonamides is 1. The zero-order valence-electron chi connectivity index (χ0n) is 18.5. The van der Waals surface area contributed by atoms with Gasteiger partial charge in [-0.3, -0.25) is 4.98 Å². The van der Waals surface area contributed by atoms with Crippen molar-refractivity contribution in [1.82, 2.24) is 14.3 Å². The Balaban J connectivity index is 1.70. The summed E-state index contributed by atoms with van der Waals surface area (Å²) < 4.78 is 126. The average Bonchev–Trinajstić information content (AvgIpc) is 3.55. The number of nitrogens with zero attached hydrogens (tertiary/aromatic N) is 2. The fourth-order valence-electron chi connectivity index (χ4n) is 4.46. The lowest BCUT2D eigenvalue weighted by molar-refractivity contribution is -0.137. The summed E-state index contributed by atoms with van der Waals surface area (Å²) in [7, 11) is -4.04. The molecule has 1 aromatic carbocycles. The lowest BCUT2D eigenvalue weighted by Crippen LogP contribution is -2.35. The minimum atomic E-state index is -5.03. The molecule has 5 nitrogen and oxygen atoms in total. The van der Waals surface area contributed by atoms with Gasteiger partial charge in [0.1, 0.15) is 17.7 Å². The van der Waals surface area contributed by atoms with Gasteiger partial charge in [-0.25, -0.2) is 30.7 Å². The molecule has 2 heterocycles. The van der Waals surface area contributed by atoms with Crippen molar-refractivity contribution in [2.24, 2.45) is 0 Å². The third kappa shape index (κ3) is 4.47. The van der Waals surface area contributed by atoms with E-state index in [1.807, 2.05) is 4.72 Å². The molecule has 0 bridgehead atoms. The van der Waals surface area contributed by atoms with Gasteiger partial charge in [0.15, 0.2) is 0 Å². The summed E-state index contributed by atoms with van der Waals surface area (Å²) in [4.78, 5) is 3.48. The summed E-state index contributed by atoms with van der Waals surface area (Å²) in [6, 6.07) is -0.0661. The molecular formula is C23H20F7N3O2S. The Morgan fingerprint density at radius 2 is 1.75 bits per heavy atom. The smallest absolute Gasteiger partial charge is 0.344 e. The Kier molecular flexibility index (Phi) is 6.05. The van der Waals surface area contributed by atoms with Gasteiger partial charge in [0, 0.05) is 34.3 Å². The van der Waals surface area contributed by atoms with E-state index in [1.54, 1.807) is 4.57 Å². The molecule has 5 rings (SSSR count). The highest BCUT2D eigenvalue weighted by molar-refractivity contribution is 7.90. The van der Waals surface area contributed by atoms with Crippen LogP contribution >= 0.6 is 0 Å². The van der Waals surface area contributed by atoms with Gasteiger partial charge in [-0.2, -0.15) is 13.2 Å². The quantitative estimate of drug-likeness (QED) is 0.371. The molecule has 194 valence electrons. The van der Waals surface area contributed by atoms with Crippen molar-refractivity contribution >= 4 is 20.9 Å². The standard InChI is InChI=1S/C23H20F7N3O2S/c24-11-6-17(23(28,29)30)20(31-9-11)15-8-19-14(7-18(15)25)16(10-33(19)12-2-1-3-12)21(22(26)27)32-36(34,35)13-4-5-13/h6-10,12-13,21-22,32H,1-5H2. The van der Waals surface area contributed by atoms with Gasteiger partial charge in [0.25, 0.3) is 6.43 Å². The highest BCUT2D eigenvalue weighted by atomic mass is 32.2. The van der Waals surface area contributed by atoms with E-state index in [4.69, 9.17) is 0 Å². The second-order valence-corrected chi connectivity index (χ2v) is 11.1. The number of benzene rings is 1. The third-order valence-electron chi connectivity index (χ3n) is 6.68. The molecule has 0 aliphatic heterocycles. The lowest BCUT2D eigenvalue weighted by Gasteiger charge is -2.28. The number of aromatic nitrogens is 2. The van der Waals surface area contributed by atoms with E-state index in [2.05, 4.69) is 4.98 Å². The lowest BCUT2D eigenvalue weighted by atomic mass is 9.92. The number of hydrogen-bond donors (Lipinski definition) is 1. The van der Waals surface area contributed by atoms with Crippen LogP contribution in [0.2, 0.25) is 0 Å². The third-order valence-corrected chi connectivity index (χ3v) is 8.61. The molecule has 0 spiro atoms. The van der Waals surface area contributed by atoms with Crippen LogP contribution in [0.15, 0.2) is 30.6 Å². The normalized spacial score (nSPS) is 18.1. The molecule has 2 fully saturated rings. The van der Waals surface area contributed by atoms with E-state index < -0.39 is 62.4 Å². The summed E-state index contributed by atoms with van der Waals surface area (Å²) >= 11 is 0. The van der Waals surface area contributed by atoms with E-state index in [0.717, 1.165) is 18.6 Å². The summed E-state index contributed by atoms with van der Waals surface area (Å²) in [6.07, 6.45) is -3.52. The number of pyridine rings is 1. The molecular weight excluding hydrogens is 515 g/mol. The first kappa shape index (κ1) is 25.0. The van der Waals surface area contributed by atoms with E-state index in [-0.39, 0.29) is 28.6 Å². The van der Waals surface area contributed by atoms with Crippen LogP contribution in [0.25, 0.3) is 22.2 Å². The summed E-state index contributed by atoms with van der Waals surface area (Å²) in [5, 5.41) is -0.824. The molecule has 36 heavy (non-hydrogen) atoms. The van der Waals surface area contributed by atoms with Gasteiger partial charge in [-0.15, -0.1) is 0 Å². The van der Waals surface area contributed by atoms with E-state index in [9.17, 15) is 34.8 Å². The van der Waals surface area contributed by atoms with E-state index in [1.165, 1.54) is 6.20 Å². The molecule has 0 amide bonds. The molecule has 2 aliphatic rings. The zero-order chi connectivity index (χ0) is 26.0. The Morgan fingerprint density at radius 3 is 2.31 bits per heavy atom. The number of fused-ring (bicyclic) bond motifs is 1. The molecule has 2 aliphatic carbocycles. The summed E-state index contributed by atoms with van der Waals surface area (Å²) in [5.41, 5.74) is -2.92. The van der Waals surface area contributed by atoms with Crippen LogP contribution in [0.3, 0.4) is 0 Å². The van der Waals surface area contributed by atoms with E-state index >= 15 is 4.39 Å². The predicted molar refractivity (Wildman–Crippen MR) is 117 cm³/mol. The van der Waals surface area contributed by atoms with Crippen LogP contribution in [0.4, 0.5) is 30.7 Å². The maximum absolute atomic E-state index is 15.3. The van der Waals surface area contributed by atoms with E-state index in [0.29, 0.717) is 31.9 Å². The first-order valence-corrected chi connectivity index (χ1v) is 12.8. The number of halogens is 7. The van der Waals surface area contributed by atoms with Gasteiger partial charge < -0.3 is 4.57 Å². The molecule has 2 aromatic heterocycles. The van der Waals surface area contributed by atoms with Crippen molar-refractivity contribution < 1.29 is 39.2 Å². The highest BCUT2D eigenvalue weighted by Crippen LogP contribution is 2.43. The van der Waals surface area contributed by atoms with Crippen LogP contribution in [0, 0.1) is 11.6 Å². The minimum Gasteiger partial charge on any atom is -0.344 e. The molecule has 1 unspecified atom stereocenters. The molecule has 1 atom stereocenters. The van der Waals surface area contributed by atoms with Crippen LogP contribution < -0.4 is 4.72 Å². The van der Waals surface area contributed by atoms with Crippen molar-refractivity contribution in [3.05, 3.63) is 53.4 Å². The number of hydrogen-bond acceptors (Lipinski definition) is 3. The number of alkyl halides is 5. The van der Waals surface area contributed by atoms with Crippen molar-refractivity contribution in [1.29, 1.82) is 0 Å². The first-order chi connectivity index (χ1) is 16.9. The average molecular weight is 535 g/mol. The molecule has 13 heteroatoms. The summed E-state index contributed by atoms with van der Waals surface area (Å²) in [6.45, 7) is 0. The van der Waals surface area contributed by atoms with Gasteiger partial charge >= 0.3 is 6.18 Å². The monoisotopic (exact) mass is 535 g/mol. The zero-order valence-corrected chi connectivity index (χ0v) is 19.3. The van der Waals surface area contributed by atoms with Crippen LogP contribution in [-0.4, -0.2) is 29.6 Å². The fraction of sp³-hybridized carbons (Fsp3) is 0.435. The van der Waals surface area contributed by atoms with Crippen LogP contribution in [0.1, 0.15) is 55.3 Å². The van der Waals surface area contributed by atoms with Gasteiger partial charge in [-0.1, -0.05) is 0 Å². The molecule has 3 aromatic rings. The molecule has 2 saturated carbocycles. The minimum absolute atomic E-state index is 0.0531. The first-order valence-electron chi connectivity index (χ1n) is 11.2. The van der Waals surface area contributed by atoms with Crippen LogP contribution in [-0.2, 0) is 16.2 Å². The van der Waals surface area contributed by atoms with Crippen molar-refractivity contribution in [2.45, 2.75) is 62.0 Å². The van der Waals surface area contributed by atoms with Gasteiger partial charge in [0.2, 0.25) is 10.0 Å². The number of nitrogens with one attached hydrogen (secondary N) is 1. The maximum atomic E-state index is 15.3. The SMILES string of the molecule is O=S(=O)(NC(c1cn(C2CCC2)c2cc(-c3ncc(F)cc3C(F)(F)F)c(F)cc12)C(F)F)C1CC1. The van der Waals surface area contributed by atoms with Crippen LogP contribution in [0.5, 0.6) is 0 Å². The maximum Gasteiger partial charge on any atom is 0.418 e. The van der Waals surface area contributed by atoms with Crippen molar-refractivity contribution in [2.75, 3.05) is 0 Å². The Bertz CT molecular complexity index is 1430. The summed E-state index contributed by atoms with van der Waals surface area (Å²) in [5.74, 6) is -2.45.